The summed E-state index contributed by atoms with van der Waals surface area (Å²) in [5.74, 6) is 2.16. The van der Waals surface area contributed by atoms with E-state index in [0.717, 1.165) is 37.5 Å². The highest BCUT2D eigenvalue weighted by Gasteiger charge is 2.29. The van der Waals surface area contributed by atoms with Crippen molar-refractivity contribution < 1.29 is 14.1 Å². The van der Waals surface area contributed by atoms with E-state index in [1.807, 2.05) is 31.1 Å². The summed E-state index contributed by atoms with van der Waals surface area (Å²) < 4.78 is 12.6. The maximum atomic E-state index is 12.8. The first kappa shape index (κ1) is 17.7. The number of piperidine rings is 1. The predicted octanol–water partition coefficient (Wildman–Crippen LogP) is 2.66. The van der Waals surface area contributed by atoms with Crippen molar-refractivity contribution >= 4 is 5.91 Å². The topological polar surface area (TPSA) is 73.4 Å². The van der Waals surface area contributed by atoms with E-state index in [4.69, 9.17) is 9.26 Å². The van der Waals surface area contributed by atoms with Gasteiger partial charge in [0.05, 0.1) is 6.61 Å². The lowest BCUT2D eigenvalue weighted by Gasteiger charge is -2.32. The Morgan fingerprint density at radius 3 is 3.04 bits per heavy atom. The van der Waals surface area contributed by atoms with Crippen molar-refractivity contribution in [2.24, 2.45) is 0 Å². The standard InChI is InChI=1S/C18H26N4O3/c1-13(2)16-11-15(20-25-16)18(23)22-7-4-5-14(12-22)17-19-6-8-21(17)9-10-24-3/h6,8,11,13-14H,4-5,7,9-10,12H2,1-3H3/t14-/m1/s1. The number of methoxy groups -OCH3 is 1. The summed E-state index contributed by atoms with van der Waals surface area (Å²) in [6, 6.07) is 1.76. The zero-order valence-electron chi connectivity index (χ0n) is 15.1. The molecule has 3 heterocycles. The number of likely N-dealkylation sites (tertiary alicyclic amines) is 1. The molecule has 136 valence electrons. The Labute approximate surface area is 148 Å². The van der Waals surface area contributed by atoms with Gasteiger partial charge in [-0.1, -0.05) is 19.0 Å². The summed E-state index contributed by atoms with van der Waals surface area (Å²) in [7, 11) is 1.70. The van der Waals surface area contributed by atoms with Crippen LogP contribution in [0.15, 0.2) is 23.0 Å². The minimum absolute atomic E-state index is 0.0599. The average molecular weight is 346 g/mol. The monoisotopic (exact) mass is 346 g/mol. The molecule has 0 N–H and O–H groups in total. The molecule has 1 aliphatic rings. The fourth-order valence-electron chi connectivity index (χ4n) is 3.26. The molecule has 0 aliphatic carbocycles. The van der Waals surface area contributed by atoms with Crippen molar-refractivity contribution in [3.63, 3.8) is 0 Å². The van der Waals surface area contributed by atoms with Crippen LogP contribution >= 0.6 is 0 Å². The van der Waals surface area contributed by atoms with Crippen LogP contribution < -0.4 is 0 Å². The van der Waals surface area contributed by atoms with Crippen LogP contribution in [0.2, 0.25) is 0 Å². The molecule has 1 saturated heterocycles. The van der Waals surface area contributed by atoms with Crippen LogP contribution in [-0.2, 0) is 11.3 Å². The summed E-state index contributed by atoms with van der Waals surface area (Å²) in [6.07, 6.45) is 5.78. The van der Waals surface area contributed by atoms with Gasteiger partial charge in [0.15, 0.2) is 5.69 Å². The highest BCUT2D eigenvalue weighted by Crippen LogP contribution is 2.27. The molecule has 3 rings (SSSR count). The number of hydrogen-bond acceptors (Lipinski definition) is 5. The SMILES string of the molecule is COCCn1ccnc1[C@@H]1CCCN(C(=O)c2cc(C(C)C)on2)C1. The number of amides is 1. The van der Waals surface area contributed by atoms with Crippen LogP contribution in [0.5, 0.6) is 0 Å². The van der Waals surface area contributed by atoms with Crippen molar-refractivity contribution in [2.45, 2.75) is 45.1 Å². The predicted molar refractivity (Wildman–Crippen MR) is 92.6 cm³/mol. The van der Waals surface area contributed by atoms with Crippen molar-refractivity contribution in [3.05, 3.63) is 35.7 Å². The molecule has 0 aromatic carbocycles. The first-order valence-corrected chi connectivity index (χ1v) is 8.86. The lowest BCUT2D eigenvalue weighted by atomic mass is 9.96. The van der Waals surface area contributed by atoms with Crippen LogP contribution in [-0.4, -0.2) is 52.3 Å². The molecule has 1 aliphatic heterocycles. The summed E-state index contributed by atoms with van der Waals surface area (Å²) in [4.78, 5) is 19.2. The van der Waals surface area contributed by atoms with Gasteiger partial charge >= 0.3 is 0 Å². The molecule has 2 aromatic rings. The van der Waals surface area contributed by atoms with E-state index in [1.54, 1.807) is 13.2 Å². The maximum absolute atomic E-state index is 12.8. The van der Waals surface area contributed by atoms with Gasteiger partial charge in [-0.05, 0) is 12.8 Å². The summed E-state index contributed by atoms with van der Waals surface area (Å²) in [5, 5.41) is 3.95. The van der Waals surface area contributed by atoms with E-state index in [2.05, 4.69) is 14.7 Å². The lowest BCUT2D eigenvalue weighted by Crippen LogP contribution is -2.40. The number of carbonyl (C=O) groups excluding carboxylic acids is 1. The van der Waals surface area contributed by atoms with Crippen LogP contribution in [0.4, 0.5) is 0 Å². The molecule has 25 heavy (non-hydrogen) atoms. The van der Waals surface area contributed by atoms with Gasteiger partial charge in [0.2, 0.25) is 0 Å². The minimum atomic E-state index is -0.0599. The molecule has 0 saturated carbocycles. The normalized spacial score (nSPS) is 18.1. The Kier molecular flexibility index (Phi) is 5.53. The Morgan fingerprint density at radius 1 is 1.48 bits per heavy atom. The van der Waals surface area contributed by atoms with E-state index >= 15 is 0 Å². The summed E-state index contributed by atoms with van der Waals surface area (Å²) >= 11 is 0. The minimum Gasteiger partial charge on any atom is -0.383 e. The average Bonchev–Trinajstić information content (AvgIpc) is 3.28. The second-order valence-electron chi connectivity index (χ2n) is 6.83. The molecule has 1 fully saturated rings. The fourth-order valence-corrected chi connectivity index (χ4v) is 3.26. The van der Waals surface area contributed by atoms with Gasteiger partial charge in [0.25, 0.3) is 5.91 Å². The largest absolute Gasteiger partial charge is 0.383 e. The lowest BCUT2D eigenvalue weighted by molar-refractivity contribution is 0.0692. The van der Waals surface area contributed by atoms with E-state index < -0.39 is 0 Å². The molecule has 7 nitrogen and oxygen atoms in total. The number of imidazole rings is 1. The van der Waals surface area contributed by atoms with Crippen LogP contribution in [0.1, 0.15) is 60.6 Å². The third-order valence-corrected chi connectivity index (χ3v) is 4.67. The zero-order valence-corrected chi connectivity index (χ0v) is 15.1. The number of nitrogens with zero attached hydrogens (tertiary/aromatic N) is 4. The Bertz CT molecular complexity index is 707. The Balaban J connectivity index is 1.70. The number of hydrogen-bond donors (Lipinski definition) is 0. The third kappa shape index (κ3) is 3.92. The Morgan fingerprint density at radius 2 is 2.32 bits per heavy atom. The van der Waals surface area contributed by atoms with Crippen LogP contribution in [0, 0.1) is 0 Å². The highest BCUT2D eigenvalue weighted by molar-refractivity contribution is 5.92. The summed E-state index contributed by atoms with van der Waals surface area (Å²) in [5.41, 5.74) is 0.395. The molecule has 2 aromatic heterocycles. The van der Waals surface area contributed by atoms with E-state index in [9.17, 15) is 4.79 Å². The number of ether oxygens (including phenoxy) is 1. The molecular formula is C18H26N4O3. The number of aromatic nitrogens is 3. The van der Waals surface area contributed by atoms with Gasteiger partial charge in [0, 0.05) is 57.0 Å². The second kappa shape index (κ2) is 7.82. The first-order chi connectivity index (χ1) is 12.1. The first-order valence-electron chi connectivity index (χ1n) is 8.86. The number of carbonyl (C=O) groups is 1. The van der Waals surface area contributed by atoms with Crippen molar-refractivity contribution in [2.75, 3.05) is 26.8 Å². The molecule has 1 atom stereocenters. The van der Waals surface area contributed by atoms with Crippen molar-refractivity contribution in [1.82, 2.24) is 19.6 Å². The fraction of sp³-hybridized carbons (Fsp3) is 0.611. The van der Waals surface area contributed by atoms with E-state index in [0.29, 0.717) is 18.8 Å². The molecular weight excluding hydrogens is 320 g/mol. The summed E-state index contributed by atoms with van der Waals surface area (Å²) in [6.45, 7) is 6.87. The second-order valence-corrected chi connectivity index (χ2v) is 6.83. The molecule has 0 bridgehead atoms. The highest BCUT2D eigenvalue weighted by atomic mass is 16.5. The van der Waals surface area contributed by atoms with Crippen molar-refractivity contribution in [3.8, 4) is 0 Å². The number of rotatable bonds is 6. The van der Waals surface area contributed by atoms with E-state index in [1.165, 1.54) is 0 Å². The van der Waals surface area contributed by atoms with Crippen LogP contribution in [0.3, 0.4) is 0 Å². The van der Waals surface area contributed by atoms with E-state index in [-0.39, 0.29) is 17.7 Å². The molecule has 1 amide bonds. The van der Waals surface area contributed by atoms with Crippen molar-refractivity contribution in [1.29, 1.82) is 0 Å². The molecule has 7 heteroatoms. The quantitative estimate of drug-likeness (QED) is 0.804. The van der Waals surface area contributed by atoms with Gasteiger partial charge in [-0.25, -0.2) is 4.98 Å². The van der Waals surface area contributed by atoms with Crippen LogP contribution in [0.25, 0.3) is 0 Å². The van der Waals surface area contributed by atoms with Gasteiger partial charge in [-0.2, -0.15) is 0 Å². The van der Waals surface area contributed by atoms with Gasteiger partial charge in [-0.15, -0.1) is 0 Å². The Hall–Kier alpha value is -2.15. The molecule has 0 spiro atoms. The maximum Gasteiger partial charge on any atom is 0.276 e. The van der Waals surface area contributed by atoms with Gasteiger partial charge in [-0.3, -0.25) is 4.79 Å². The molecule has 0 unspecified atom stereocenters. The molecule has 0 radical (unpaired) electrons. The third-order valence-electron chi connectivity index (χ3n) is 4.67. The van der Waals surface area contributed by atoms with Gasteiger partial charge in [0.1, 0.15) is 11.6 Å². The van der Waals surface area contributed by atoms with Gasteiger partial charge < -0.3 is 18.7 Å². The zero-order chi connectivity index (χ0) is 17.8. The smallest absolute Gasteiger partial charge is 0.276 e.